The first-order valence-electron chi connectivity index (χ1n) is 5.35. The highest BCUT2D eigenvalue weighted by Gasteiger charge is 2.21. The van der Waals surface area contributed by atoms with Gasteiger partial charge in [-0.2, -0.15) is 0 Å². The van der Waals surface area contributed by atoms with Crippen LogP contribution in [0.4, 0.5) is 0 Å². The Balaban J connectivity index is 2.43. The van der Waals surface area contributed by atoms with E-state index in [4.69, 9.17) is 11.6 Å². The Bertz CT molecular complexity index is 496. The molecule has 5 nitrogen and oxygen atoms in total. The van der Waals surface area contributed by atoms with E-state index < -0.39 is 0 Å². The summed E-state index contributed by atoms with van der Waals surface area (Å²) in [5.74, 6) is 0.848. The number of nitrogens with zero attached hydrogens (tertiary/aromatic N) is 4. The van der Waals surface area contributed by atoms with E-state index >= 15 is 0 Å². The van der Waals surface area contributed by atoms with Crippen LogP contribution in [0.25, 0.3) is 0 Å². The van der Waals surface area contributed by atoms with E-state index in [9.17, 15) is 0 Å². The number of hydrogen-bond donors (Lipinski definition) is 1. The molecule has 0 amide bonds. The van der Waals surface area contributed by atoms with Crippen molar-refractivity contribution in [3.8, 4) is 0 Å². The van der Waals surface area contributed by atoms with E-state index in [1.54, 1.807) is 4.68 Å². The van der Waals surface area contributed by atoms with Crippen molar-refractivity contribution in [2.45, 2.75) is 5.92 Å². The summed E-state index contributed by atoms with van der Waals surface area (Å²) in [6.45, 7) is 0.734. The second-order valence-electron chi connectivity index (χ2n) is 3.79. The topological polar surface area (TPSA) is 55.6 Å². The summed E-state index contributed by atoms with van der Waals surface area (Å²) in [7, 11) is 3.72. The molecular weight excluding hydrogens is 238 g/mol. The third kappa shape index (κ3) is 2.45. The molecule has 90 valence electrons. The predicted octanol–water partition coefficient (Wildman–Crippen LogP) is 1.21. The molecule has 1 unspecified atom stereocenters. The Morgan fingerprint density at radius 3 is 2.76 bits per heavy atom. The Morgan fingerprint density at radius 2 is 2.18 bits per heavy atom. The fraction of sp³-hybridized carbons (Fsp3) is 0.364. The van der Waals surface area contributed by atoms with Gasteiger partial charge in [-0.15, -0.1) is 5.10 Å². The van der Waals surface area contributed by atoms with Crippen LogP contribution in [0, 0.1) is 0 Å². The lowest BCUT2D eigenvalue weighted by Gasteiger charge is -2.16. The average Bonchev–Trinajstić information content (AvgIpc) is 2.74. The second-order valence-corrected chi connectivity index (χ2v) is 4.20. The van der Waals surface area contributed by atoms with E-state index in [2.05, 4.69) is 20.8 Å². The minimum atomic E-state index is 0.0497. The number of tetrazole rings is 1. The van der Waals surface area contributed by atoms with Crippen LogP contribution in [0.5, 0.6) is 0 Å². The summed E-state index contributed by atoms with van der Waals surface area (Å²) in [6, 6.07) is 7.76. The van der Waals surface area contributed by atoms with Gasteiger partial charge in [0.05, 0.1) is 5.92 Å². The molecule has 0 saturated carbocycles. The maximum absolute atomic E-state index is 6.22. The van der Waals surface area contributed by atoms with Crippen molar-refractivity contribution in [1.29, 1.82) is 0 Å². The Labute approximate surface area is 105 Å². The number of aryl methyl sites for hydroxylation is 1. The number of halogens is 1. The molecule has 1 atom stereocenters. The molecule has 0 saturated heterocycles. The van der Waals surface area contributed by atoms with E-state index in [1.807, 2.05) is 38.4 Å². The van der Waals surface area contributed by atoms with Crippen molar-refractivity contribution in [3.05, 3.63) is 40.7 Å². The van der Waals surface area contributed by atoms with Crippen molar-refractivity contribution >= 4 is 11.6 Å². The van der Waals surface area contributed by atoms with Gasteiger partial charge in [-0.3, -0.25) is 0 Å². The lowest BCUT2D eigenvalue weighted by atomic mass is 9.98. The van der Waals surface area contributed by atoms with Crippen LogP contribution in [0.1, 0.15) is 17.3 Å². The fourth-order valence-electron chi connectivity index (χ4n) is 1.83. The Morgan fingerprint density at radius 1 is 1.41 bits per heavy atom. The number of aromatic nitrogens is 4. The molecule has 1 aromatic carbocycles. The summed E-state index contributed by atoms with van der Waals surface area (Å²) in [4.78, 5) is 0. The Hall–Kier alpha value is -1.46. The van der Waals surface area contributed by atoms with Crippen molar-refractivity contribution in [1.82, 2.24) is 25.5 Å². The highest BCUT2D eigenvalue weighted by Crippen LogP contribution is 2.27. The van der Waals surface area contributed by atoms with Gasteiger partial charge >= 0.3 is 0 Å². The molecule has 0 spiro atoms. The van der Waals surface area contributed by atoms with Gasteiger partial charge in [-0.25, -0.2) is 4.68 Å². The van der Waals surface area contributed by atoms with Crippen molar-refractivity contribution < 1.29 is 0 Å². The largest absolute Gasteiger partial charge is 0.319 e. The third-order valence-corrected chi connectivity index (χ3v) is 3.00. The molecule has 1 aromatic heterocycles. The standard InChI is InChI=1S/C11H14ClN5/c1-13-7-9(11-14-15-16-17(11)2)8-5-3-4-6-10(8)12/h3-6,9,13H,7H2,1-2H3. The lowest BCUT2D eigenvalue weighted by molar-refractivity contribution is 0.611. The predicted molar refractivity (Wildman–Crippen MR) is 66.0 cm³/mol. The summed E-state index contributed by atoms with van der Waals surface area (Å²) >= 11 is 6.22. The number of benzene rings is 1. The zero-order chi connectivity index (χ0) is 12.3. The first-order valence-corrected chi connectivity index (χ1v) is 5.73. The third-order valence-electron chi connectivity index (χ3n) is 2.65. The van der Waals surface area contributed by atoms with Gasteiger partial charge in [0.15, 0.2) is 5.82 Å². The molecule has 2 rings (SSSR count). The minimum Gasteiger partial charge on any atom is -0.319 e. The zero-order valence-corrected chi connectivity index (χ0v) is 10.5. The number of nitrogens with one attached hydrogen (secondary N) is 1. The number of likely N-dealkylation sites (N-methyl/N-ethyl adjacent to an activating group) is 1. The number of hydrogen-bond acceptors (Lipinski definition) is 4. The molecule has 17 heavy (non-hydrogen) atoms. The molecule has 2 aromatic rings. The monoisotopic (exact) mass is 251 g/mol. The van der Waals surface area contributed by atoms with Gasteiger partial charge in [0.25, 0.3) is 0 Å². The molecule has 0 fully saturated rings. The SMILES string of the molecule is CNCC(c1ccccc1Cl)c1nnnn1C. The summed E-state index contributed by atoms with van der Waals surface area (Å²) < 4.78 is 1.67. The van der Waals surface area contributed by atoms with Gasteiger partial charge in [0.1, 0.15) is 0 Å². The van der Waals surface area contributed by atoms with E-state index in [0.29, 0.717) is 0 Å². The second kappa shape index (κ2) is 5.25. The molecule has 1 heterocycles. The molecule has 0 aliphatic heterocycles. The van der Waals surface area contributed by atoms with Crippen LogP contribution < -0.4 is 5.32 Å². The van der Waals surface area contributed by atoms with Crippen LogP contribution >= 0.6 is 11.6 Å². The van der Waals surface area contributed by atoms with Gasteiger partial charge in [0.2, 0.25) is 0 Å². The molecular formula is C11H14ClN5. The summed E-state index contributed by atoms with van der Waals surface area (Å²) in [5, 5.41) is 15.5. The normalized spacial score (nSPS) is 12.6. The van der Waals surface area contributed by atoms with Gasteiger partial charge in [-0.05, 0) is 29.1 Å². The van der Waals surface area contributed by atoms with Crippen molar-refractivity contribution in [3.63, 3.8) is 0 Å². The first kappa shape index (κ1) is 12.0. The summed E-state index contributed by atoms with van der Waals surface area (Å²) in [5.41, 5.74) is 1.03. The Kier molecular flexibility index (Phi) is 3.71. The molecule has 6 heteroatoms. The fourth-order valence-corrected chi connectivity index (χ4v) is 2.10. The first-order chi connectivity index (χ1) is 8.24. The molecule has 0 aliphatic carbocycles. The van der Waals surface area contributed by atoms with Crippen LogP contribution in [0.2, 0.25) is 5.02 Å². The molecule has 1 N–H and O–H groups in total. The average molecular weight is 252 g/mol. The van der Waals surface area contributed by atoms with Crippen molar-refractivity contribution in [2.24, 2.45) is 7.05 Å². The highest BCUT2D eigenvalue weighted by atomic mass is 35.5. The zero-order valence-electron chi connectivity index (χ0n) is 9.76. The molecule has 0 bridgehead atoms. The summed E-state index contributed by atoms with van der Waals surface area (Å²) in [6.07, 6.45) is 0. The maximum Gasteiger partial charge on any atom is 0.159 e. The highest BCUT2D eigenvalue weighted by molar-refractivity contribution is 6.31. The molecule has 0 aliphatic rings. The maximum atomic E-state index is 6.22. The van der Waals surface area contributed by atoms with E-state index in [0.717, 1.165) is 23.0 Å². The number of rotatable bonds is 4. The van der Waals surface area contributed by atoms with Crippen LogP contribution in [-0.4, -0.2) is 33.8 Å². The van der Waals surface area contributed by atoms with Crippen LogP contribution in [0.3, 0.4) is 0 Å². The van der Waals surface area contributed by atoms with Crippen LogP contribution in [-0.2, 0) is 7.05 Å². The lowest BCUT2D eigenvalue weighted by Crippen LogP contribution is -2.21. The van der Waals surface area contributed by atoms with E-state index in [1.165, 1.54) is 0 Å². The van der Waals surface area contributed by atoms with Gasteiger partial charge < -0.3 is 5.32 Å². The smallest absolute Gasteiger partial charge is 0.159 e. The van der Waals surface area contributed by atoms with Gasteiger partial charge in [-0.1, -0.05) is 29.8 Å². The van der Waals surface area contributed by atoms with Crippen molar-refractivity contribution in [2.75, 3.05) is 13.6 Å². The minimum absolute atomic E-state index is 0.0497. The molecule has 0 radical (unpaired) electrons. The quantitative estimate of drug-likeness (QED) is 0.888. The van der Waals surface area contributed by atoms with Gasteiger partial charge in [0, 0.05) is 18.6 Å². The van der Waals surface area contributed by atoms with Crippen LogP contribution in [0.15, 0.2) is 24.3 Å². The van der Waals surface area contributed by atoms with E-state index in [-0.39, 0.29) is 5.92 Å².